The Bertz CT molecular complexity index is 1980. The van der Waals surface area contributed by atoms with E-state index < -0.39 is 63.9 Å². The lowest BCUT2D eigenvalue weighted by Gasteiger charge is -2.30. The summed E-state index contributed by atoms with van der Waals surface area (Å²) in [5.74, 6) is -3.92. The molecule has 47 heavy (non-hydrogen) atoms. The van der Waals surface area contributed by atoms with Crippen LogP contribution in [0.3, 0.4) is 0 Å². The van der Waals surface area contributed by atoms with Crippen molar-refractivity contribution in [2.24, 2.45) is 5.92 Å². The molecule has 1 saturated heterocycles. The van der Waals surface area contributed by atoms with Gasteiger partial charge >= 0.3 is 17.0 Å². The standard InChI is InChI=1S/C32H23BrF3N3O6S2/c1-2-45-30(43)16-9-11-21(12-10-16)39-27(41)24-23(17-5-3-7-19(33)13-17)26-29(46-25(24)28(39)42)38(31(44)47-26)15-22(40)37-20-8-4-6-18(14-20)32(34,35)36/h3-14,23-25H,2,15H2,1H3,(H,37,40)/t23-,24-,25+/m0/s1. The summed E-state index contributed by atoms with van der Waals surface area (Å²) in [5.41, 5.74) is 0.144. The number of ether oxygens (including phenoxy) is 1. The molecule has 2 aliphatic rings. The third-order valence-electron chi connectivity index (χ3n) is 7.67. The fraction of sp³-hybridized carbons (Fsp3) is 0.219. The minimum Gasteiger partial charge on any atom is -0.462 e. The Morgan fingerprint density at radius 3 is 2.38 bits per heavy atom. The highest BCUT2D eigenvalue weighted by molar-refractivity contribution is 9.10. The van der Waals surface area contributed by atoms with Gasteiger partial charge < -0.3 is 10.1 Å². The first kappa shape index (κ1) is 32.7. The predicted molar refractivity (Wildman–Crippen MR) is 173 cm³/mol. The second-order valence-electron chi connectivity index (χ2n) is 10.6. The minimum absolute atomic E-state index is 0.0946. The molecule has 0 aliphatic carbocycles. The maximum absolute atomic E-state index is 14.1. The monoisotopic (exact) mass is 745 g/mol. The Kier molecular flexibility index (Phi) is 8.89. The number of imide groups is 1. The topological polar surface area (TPSA) is 115 Å². The van der Waals surface area contributed by atoms with Crippen LogP contribution in [-0.4, -0.2) is 40.1 Å². The highest BCUT2D eigenvalue weighted by Crippen LogP contribution is 2.54. The molecule has 3 atom stereocenters. The van der Waals surface area contributed by atoms with Gasteiger partial charge in [-0.15, -0.1) is 0 Å². The zero-order valence-corrected chi connectivity index (χ0v) is 27.5. The predicted octanol–water partition coefficient (Wildman–Crippen LogP) is 6.30. The van der Waals surface area contributed by atoms with E-state index in [-0.39, 0.29) is 23.5 Å². The fourth-order valence-electron chi connectivity index (χ4n) is 5.65. The number of aromatic nitrogens is 1. The van der Waals surface area contributed by atoms with E-state index in [4.69, 9.17) is 4.74 Å². The van der Waals surface area contributed by atoms with Crippen LogP contribution in [0.25, 0.3) is 0 Å². The van der Waals surface area contributed by atoms with E-state index >= 15 is 0 Å². The van der Waals surface area contributed by atoms with Crippen molar-refractivity contribution in [3.05, 3.63) is 109 Å². The maximum atomic E-state index is 14.1. The molecule has 0 unspecified atom stereocenters. The summed E-state index contributed by atoms with van der Waals surface area (Å²) in [6.45, 7) is 1.33. The number of benzene rings is 3. The molecule has 0 radical (unpaired) electrons. The largest absolute Gasteiger partial charge is 0.462 e. The summed E-state index contributed by atoms with van der Waals surface area (Å²) in [6.07, 6.45) is -4.61. The van der Waals surface area contributed by atoms with Crippen molar-refractivity contribution < 1.29 is 37.1 Å². The first-order valence-corrected chi connectivity index (χ1v) is 16.6. The second kappa shape index (κ2) is 12.8. The van der Waals surface area contributed by atoms with E-state index in [9.17, 15) is 37.1 Å². The molecule has 4 aromatic rings. The number of alkyl halides is 3. The van der Waals surface area contributed by atoms with Crippen molar-refractivity contribution in [2.45, 2.75) is 35.8 Å². The Labute approximate surface area is 281 Å². The van der Waals surface area contributed by atoms with Crippen LogP contribution in [0.15, 0.2) is 87.1 Å². The Morgan fingerprint density at radius 2 is 1.70 bits per heavy atom. The van der Waals surface area contributed by atoms with Crippen molar-refractivity contribution in [1.29, 1.82) is 0 Å². The van der Waals surface area contributed by atoms with Crippen molar-refractivity contribution in [3.8, 4) is 0 Å². The lowest BCUT2D eigenvalue weighted by atomic mass is 9.83. The Balaban J connectivity index is 1.35. The fourth-order valence-corrected chi connectivity index (χ4v) is 8.84. The SMILES string of the molecule is CCOC(=O)c1ccc(N2C(=O)[C@H]3[C@H](c4cccc(Br)c4)c4sc(=O)n(CC(=O)Nc5cccc(C(F)(F)F)c5)c4S[C@H]3C2=O)cc1. The van der Waals surface area contributed by atoms with Gasteiger partial charge in [-0.25, -0.2) is 9.69 Å². The number of anilines is 2. The molecule has 15 heteroatoms. The lowest BCUT2D eigenvalue weighted by molar-refractivity contribution is -0.137. The lowest BCUT2D eigenvalue weighted by Crippen LogP contribution is -2.33. The van der Waals surface area contributed by atoms with Crippen LogP contribution in [0, 0.1) is 5.92 Å². The van der Waals surface area contributed by atoms with Crippen LogP contribution in [0.1, 0.15) is 39.2 Å². The van der Waals surface area contributed by atoms with E-state index in [1.54, 1.807) is 31.2 Å². The summed E-state index contributed by atoms with van der Waals surface area (Å²) in [7, 11) is 0. The molecule has 1 fully saturated rings. The van der Waals surface area contributed by atoms with Gasteiger partial charge in [0.2, 0.25) is 17.7 Å². The molecule has 0 bridgehead atoms. The number of halogens is 4. The van der Waals surface area contributed by atoms with Crippen LogP contribution >= 0.6 is 39.0 Å². The van der Waals surface area contributed by atoms with Gasteiger partial charge in [0, 0.05) is 21.0 Å². The van der Waals surface area contributed by atoms with Gasteiger partial charge in [0.15, 0.2) is 0 Å². The second-order valence-corrected chi connectivity index (χ2v) is 13.7. The molecule has 9 nitrogen and oxygen atoms in total. The van der Waals surface area contributed by atoms with Crippen molar-refractivity contribution in [2.75, 3.05) is 16.8 Å². The van der Waals surface area contributed by atoms with Gasteiger partial charge in [0.1, 0.15) is 11.8 Å². The van der Waals surface area contributed by atoms with Gasteiger partial charge in [-0.05, 0) is 67.1 Å². The zero-order chi connectivity index (χ0) is 33.6. The molecule has 0 saturated carbocycles. The van der Waals surface area contributed by atoms with Gasteiger partial charge in [0.05, 0.1) is 34.4 Å². The molecule has 3 amide bonds. The number of carbonyl (C=O) groups is 4. The highest BCUT2D eigenvalue weighted by atomic mass is 79.9. The van der Waals surface area contributed by atoms with Crippen LogP contribution < -0.4 is 15.1 Å². The zero-order valence-electron chi connectivity index (χ0n) is 24.2. The number of thiazole rings is 1. The average Bonchev–Trinajstić information content (AvgIpc) is 3.47. The van der Waals surface area contributed by atoms with Crippen LogP contribution in [-0.2, 0) is 31.8 Å². The molecule has 0 spiro atoms. The van der Waals surface area contributed by atoms with E-state index in [0.29, 0.717) is 19.9 Å². The summed E-state index contributed by atoms with van der Waals surface area (Å²) >= 11 is 5.31. The number of rotatable bonds is 7. The molecule has 2 aliphatic heterocycles. The number of esters is 1. The van der Waals surface area contributed by atoms with Crippen molar-refractivity contribution in [3.63, 3.8) is 0 Å². The normalized spacial score (nSPS) is 18.9. The third-order valence-corrected chi connectivity index (χ3v) is 10.8. The number of nitrogens with one attached hydrogen (secondary N) is 1. The Morgan fingerprint density at radius 1 is 0.979 bits per heavy atom. The smallest absolute Gasteiger partial charge is 0.416 e. The first-order valence-electron chi connectivity index (χ1n) is 14.1. The quantitative estimate of drug-likeness (QED) is 0.174. The van der Waals surface area contributed by atoms with Crippen LogP contribution in [0.2, 0.25) is 0 Å². The van der Waals surface area contributed by atoms with E-state index in [2.05, 4.69) is 21.2 Å². The molecule has 3 aromatic carbocycles. The minimum atomic E-state index is -4.61. The highest BCUT2D eigenvalue weighted by Gasteiger charge is 2.57. The van der Waals surface area contributed by atoms with E-state index in [1.165, 1.54) is 34.9 Å². The number of amides is 3. The summed E-state index contributed by atoms with van der Waals surface area (Å²) < 4.78 is 46.5. The number of hydrogen-bond acceptors (Lipinski definition) is 8. The molecular formula is C32H23BrF3N3O6S2. The summed E-state index contributed by atoms with van der Waals surface area (Å²) in [5, 5.41) is 1.78. The van der Waals surface area contributed by atoms with Gasteiger partial charge in [-0.2, -0.15) is 13.2 Å². The van der Waals surface area contributed by atoms with Crippen LogP contribution in [0.4, 0.5) is 24.5 Å². The van der Waals surface area contributed by atoms with E-state index in [0.717, 1.165) is 46.2 Å². The third kappa shape index (κ3) is 6.26. The molecule has 3 heterocycles. The van der Waals surface area contributed by atoms with Gasteiger partial charge in [0.25, 0.3) is 0 Å². The van der Waals surface area contributed by atoms with Gasteiger partial charge in [-0.1, -0.05) is 57.2 Å². The maximum Gasteiger partial charge on any atom is 0.416 e. The molecule has 1 N–H and O–H groups in total. The van der Waals surface area contributed by atoms with Crippen molar-refractivity contribution in [1.82, 2.24) is 4.57 Å². The molecule has 6 rings (SSSR count). The molecule has 1 aromatic heterocycles. The summed E-state index contributed by atoms with van der Waals surface area (Å²) in [6, 6.07) is 17.2. The number of fused-ring (bicyclic) bond motifs is 2. The molecular weight excluding hydrogens is 723 g/mol. The number of thioether (sulfide) groups is 1. The average molecular weight is 747 g/mol. The first-order chi connectivity index (χ1) is 22.4. The van der Waals surface area contributed by atoms with E-state index in [1.807, 2.05) is 0 Å². The molecule has 242 valence electrons. The van der Waals surface area contributed by atoms with Crippen molar-refractivity contribution >= 4 is 74.1 Å². The number of hydrogen-bond donors (Lipinski definition) is 1. The number of carbonyl (C=O) groups excluding carboxylic acids is 4. The summed E-state index contributed by atoms with van der Waals surface area (Å²) in [4.78, 5) is 67.6. The van der Waals surface area contributed by atoms with Crippen LogP contribution in [0.5, 0.6) is 0 Å². The number of nitrogens with zero attached hydrogens (tertiary/aromatic N) is 2. The Hall–Kier alpha value is -4.21. The van der Waals surface area contributed by atoms with Gasteiger partial charge in [-0.3, -0.25) is 23.7 Å².